The molecule has 1 aromatic rings. The molecule has 5 nitrogen and oxygen atoms in total. The first-order valence-corrected chi connectivity index (χ1v) is 5.57. The third kappa shape index (κ3) is 4.00. The van der Waals surface area contributed by atoms with E-state index in [2.05, 4.69) is 23.9 Å². The summed E-state index contributed by atoms with van der Waals surface area (Å²) in [6.07, 6.45) is 2.37. The molecule has 0 saturated heterocycles. The van der Waals surface area contributed by atoms with Crippen LogP contribution in [-0.2, 0) is 17.8 Å². The molecule has 0 spiro atoms. The summed E-state index contributed by atoms with van der Waals surface area (Å²) in [6, 6.07) is 0. The highest BCUT2D eigenvalue weighted by molar-refractivity contribution is 5.66. The van der Waals surface area contributed by atoms with E-state index in [1.54, 1.807) is 0 Å². The Morgan fingerprint density at radius 2 is 2.19 bits per heavy atom. The van der Waals surface area contributed by atoms with Gasteiger partial charge in [0.05, 0.1) is 0 Å². The van der Waals surface area contributed by atoms with Crippen LogP contribution in [0.2, 0.25) is 0 Å². The Labute approximate surface area is 95.5 Å². The molecule has 1 unspecified atom stereocenters. The fraction of sp³-hybridized carbons (Fsp3) is 0.727. The average molecular weight is 225 g/mol. The van der Waals surface area contributed by atoms with Gasteiger partial charge in [0.2, 0.25) is 0 Å². The summed E-state index contributed by atoms with van der Waals surface area (Å²) in [5.41, 5.74) is 0. The molecule has 16 heavy (non-hydrogen) atoms. The lowest BCUT2D eigenvalue weighted by atomic mass is 10.0. The fourth-order valence-electron chi connectivity index (χ4n) is 1.63. The van der Waals surface area contributed by atoms with Crippen LogP contribution in [0.3, 0.4) is 0 Å². The highest BCUT2D eigenvalue weighted by Crippen LogP contribution is 2.10. The number of carboxylic acids is 1. The largest absolute Gasteiger partial charge is 0.481 e. The van der Waals surface area contributed by atoms with E-state index in [9.17, 15) is 4.79 Å². The number of hydrogen-bond acceptors (Lipinski definition) is 3. The van der Waals surface area contributed by atoms with Crippen molar-refractivity contribution >= 4 is 5.97 Å². The van der Waals surface area contributed by atoms with Crippen molar-refractivity contribution in [3.8, 4) is 0 Å². The summed E-state index contributed by atoms with van der Waals surface area (Å²) in [4.78, 5) is 14.7. The van der Waals surface area contributed by atoms with Gasteiger partial charge >= 0.3 is 5.97 Å². The summed E-state index contributed by atoms with van der Waals surface area (Å²) in [5.74, 6) is 0.715. The monoisotopic (exact) mass is 225 g/mol. The molecular formula is C11H19N3O2. The highest BCUT2D eigenvalue weighted by Gasteiger charge is 2.13. The maximum Gasteiger partial charge on any atom is 0.303 e. The van der Waals surface area contributed by atoms with Crippen molar-refractivity contribution in [2.24, 2.45) is 11.8 Å². The third-order valence-corrected chi connectivity index (χ3v) is 2.29. The van der Waals surface area contributed by atoms with Gasteiger partial charge in [-0.15, -0.1) is 0 Å². The van der Waals surface area contributed by atoms with Gasteiger partial charge in [0.25, 0.3) is 0 Å². The van der Waals surface area contributed by atoms with Gasteiger partial charge in [0.1, 0.15) is 12.2 Å². The topological polar surface area (TPSA) is 68.0 Å². The Kier molecular flexibility index (Phi) is 4.46. The number of hydrogen-bond donors (Lipinski definition) is 1. The Bertz CT molecular complexity index is 347. The Balaban J connectivity index is 2.59. The van der Waals surface area contributed by atoms with Crippen LogP contribution in [0.4, 0.5) is 0 Å². The quantitative estimate of drug-likeness (QED) is 0.798. The lowest BCUT2D eigenvalue weighted by Gasteiger charge is -2.11. The second kappa shape index (κ2) is 5.63. The fourth-order valence-corrected chi connectivity index (χ4v) is 1.63. The van der Waals surface area contributed by atoms with E-state index in [1.165, 1.54) is 6.33 Å². The lowest BCUT2D eigenvalue weighted by molar-refractivity contribution is -0.137. The molecule has 0 fully saturated rings. The van der Waals surface area contributed by atoms with Crippen LogP contribution in [0.25, 0.3) is 0 Å². The van der Waals surface area contributed by atoms with Gasteiger partial charge in [-0.05, 0) is 11.8 Å². The Morgan fingerprint density at radius 1 is 1.50 bits per heavy atom. The number of aromatic nitrogens is 3. The van der Waals surface area contributed by atoms with Crippen LogP contribution in [0.1, 0.15) is 33.0 Å². The zero-order valence-electron chi connectivity index (χ0n) is 10.1. The van der Waals surface area contributed by atoms with E-state index in [0.29, 0.717) is 12.3 Å². The molecule has 1 N–H and O–H groups in total. The van der Waals surface area contributed by atoms with Crippen LogP contribution >= 0.6 is 0 Å². The molecule has 0 aliphatic carbocycles. The molecule has 0 bridgehead atoms. The van der Waals surface area contributed by atoms with Gasteiger partial charge < -0.3 is 5.11 Å². The SMILES string of the molecule is CC(C)Cn1ncnc1CC(C)CC(=O)O. The summed E-state index contributed by atoms with van der Waals surface area (Å²) in [6.45, 7) is 6.98. The number of carboxylic acid groups (broad SMARTS) is 1. The molecule has 0 amide bonds. The molecule has 0 aliphatic rings. The predicted molar refractivity (Wildman–Crippen MR) is 60.0 cm³/mol. The molecule has 0 radical (unpaired) electrons. The van der Waals surface area contributed by atoms with E-state index >= 15 is 0 Å². The number of rotatable bonds is 6. The highest BCUT2D eigenvalue weighted by atomic mass is 16.4. The molecule has 1 atom stereocenters. The van der Waals surface area contributed by atoms with Crippen LogP contribution in [-0.4, -0.2) is 25.8 Å². The van der Waals surface area contributed by atoms with Gasteiger partial charge in [-0.2, -0.15) is 5.10 Å². The first-order valence-electron chi connectivity index (χ1n) is 5.57. The number of carbonyl (C=O) groups is 1. The maximum absolute atomic E-state index is 10.6. The second-order valence-corrected chi connectivity index (χ2v) is 4.66. The zero-order valence-corrected chi connectivity index (χ0v) is 10.1. The molecule has 90 valence electrons. The lowest BCUT2D eigenvalue weighted by Crippen LogP contribution is -2.14. The average Bonchev–Trinajstić information content (AvgIpc) is 2.50. The first kappa shape index (κ1) is 12.7. The summed E-state index contributed by atoms with van der Waals surface area (Å²) < 4.78 is 1.86. The van der Waals surface area contributed by atoms with Gasteiger partial charge in [-0.3, -0.25) is 4.79 Å². The van der Waals surface area contributed by atoms with Crippen molar-refractivity contribution in [1.29, 1.82) is 0 Å². The van der Waals surface area contributed by atoms with Crippen LogP contribution in [0, 0.1) is 11.8 Å². The van der Waals surface area contributed by atoms with Crippen molar-refractivity contribution in [1.82, 2.24) is 14.8 Å². The third-order valence-electron chi connectivity index (χ3n) is 2.29. The maximum atomic E-state index is 10.6. The van der Waals surface area contributed by atoms with E-state index in [4.69, 9.17) is 5.11 Å². The Hall–Kier alpha value is -1.39. The molecule has 0 saturated carbocycles. The van der Waals surface area contributed by atoms with E-state index in [1.807, 2.05) is 11.6 Å². The first-order chi connectivity index (χ1) is 7.49. The van der Waals surface area contributed by atoms with Crippen molar-refractivity contribution in [2.45, 2.75) is 40.2 Å². The van der Waals surface area contributed by atoms with Gasteiger partial charge in [-0.1, -0.05) is 20.8 Å². The minimum Gasteiger partial charge on any atom is -0.481 e. The van der Waals surface area contributed by atoms with Gasteiger partial charge in [-0.25, -0.2) is 9.67 Å². The van der Waals surface area contributed by atoms with Crippen LogP contribution in [0.5, 0.6) is 0 Å². The standard InChI is InChI=1S/C11H19N3O2/c1-8(2)6-14-10(12-7-13-14)4-9(3)5-11(15)16/h7-9H,4-6H2,1-3H3,(H,15,16). The number of aliphatic carboxylic acids is 1. The van der Waals surface area contributed by atoms with Crippen LogP contribution in [0.15, 0.2) is 6.33 Å². The Morgan fingerprint density at radius 3 is 2.75 bits per heavy atom. The molecule has 0 aromatic carbocycles. The van der Waals surface area contributed by atoms with E-state index in [-0.39, 0.29) is 12.3 Å². The van der Waals surface area contributed by atoms with Crippen molar-refractivity contribution in [3.05, 3.63) is 12.2 Å². The molecular weight excluding hydrogens is 206 g/mol. The molecule has 1 heterocycles. The van der Waals surface area contributed by atoms with Gasteiger partial charge in [0, 0.05) is 19.4 Å². The summed E-state index contributed by atoms with van der Waals surface area (Å²) >= 11 is 0. The van der Waals surface area contributed by atoms with E-state index in [0.717, 1.165) is 12.4 Å². The van der Waals surface area contributed by atoms with Crippen molar-refractivity contribution in [2.75, 3.05) is 0 Å². The van der Waals surface area contributed by atoms with Crippen LogP contribution < -0.4 is 0 Å². The second-order valence-electron chi connectivity index (χ2n) is 4.66. The van der Waals surface area contributed by atoms with E-state index < -0.39 is 5.97 Å². The molecule has 1 aromatic heterocycles. The molecule has 1 rings (SSSR count). The van der Waals surface area contributed by atoms with Gasteiger partial charge in [0.15, 0.2) is 0 Å². The predicted octanol–water partition coefficient (Wildman–Crippen LogP) is 1.59. The smallest absolute Gasteiger partial charge is 0.303 e. The van der Waals surface area contributed by atoms with Crippen molar-refractivity contribution < 1.29 is 9.90 Å². The summed E-state index contributed by atoms with van der Waals surface area (Å²) in [7, 11) is 0. The minimum absolute atomic E-state index is 0.0904. The minimum atomic E-state index is -0.762. The number of nitrogens with zero attached hydrogens (tertiary/aromatic N) is 3. The zero-order chi connectivity index (χ0) is 12.1. The van der Waals surface area contributed by atoms with Crippen molar-refractivity contribution in [3.63, 3.8) is 0 Å². The molecule has 5 heteroatoms. The molecule has 0 aliphatic heterocycles. The normalized spacial score (nSPS) is 13.0. The summed E-state index contributed by atoms with van der Waals surface area (Å²) in [5, 5.41) is 12.8.